The van der Waals surface area contributed by atoms with Gasteiger partial charge >= 0.3 is 5.97 Å². The Labute approximate surface area is 100 Å². The molecule has 1 aromatic heterocycles. The van der Waals surface area contributed by atoms with E-state index in [0.29, 0.717) is 5.56 Å². The monoisotopic (exact) mass is 233 g/mol. The zero-order chi connectivity index (χ0) is 12.6. The molecule has 2 aromatic rings. The molecular weight excluding hydrogens is 216 g/mol. The molecule has 0 saturated carbocycles. The van der Waals surface area contributed by atoms with E-state index in [4.69, 9.17) is 4.74 Å². The Morgan fingerprint density at radius 1 is 1.47 bits per heavy atom. The lowest BCUT2D eigenvalue weighted by Crippen LogP contribution is -2.30. The first-order chi connectivity index (χ1) is 8.10. The van der Waals surface area contributed by atoms with Gasteiger partial charge in [0.2, 0.25) is 0 Å². The van der Waals surface area contributed by atoms with Gasteiger partial charge in [-0.05, 0) is 19.1 Å². The summed E-state index contributed by atoms with van der Waals surface area (Å²) in [5.41, 5.74) is 2.78. The highest BCUT2D eigenvalue weighted by atomic mass is 16.5. The lowest BCUT2D eigenvalue weighted by Gasteiger charge is -1.98. The Kier molecular flexibility index (Phi) is 2.88. The molecule has 1 heterocycles. The summed E-state index contributed by atoms with van der Waals surface area (Å²) < 4.78 is 9.05. The van der Waals surface area contributed by atoms with Crippen LogP contribution in [0, 0.1) is 6.92 Å². The zero-order valence-corrected chi connectivity index (χ0v) is 10.7. The summed E-state index contributed by atoms with van der Waals surface area (Å²) in [4.78, 5) is 11.5. The Morgan fingerprint density at radius 3 is 2.76 bits per heavy atom. The summed E-state index contributed by atoms with van der Waals surface area (Å²) in [6.45, 7) is 5.05. The molecule has 0 radical (unpaired) electrons. The van der Waals surface area contributed by atoms with Gasteiger partial charge in [-0.15, -0.1) is 0 Å². The van der Waals surface area contributed by atoms with E-state index in [2.05, 4.69) is 23.0 Å². The van der Waals surface area contributed by atoms with Crippen LogP contribution in [-0.2, 0) is 18.3 Å². The van der Waals surface area contributed by atoms with Gasteiger partial charge < -0.3 is 4.74 Å². The van der Waals surface area contributed by atoms with Gasteiger partial charge in [0.1, 0.15) is 0 Å². The van der Waals surface area contributed by atoms with Gasteiger partial charge in [0.25, 0.3) is 5.82 Å². The van der Waals surface area contributed by atoms with E-state index in [0.717, 1.165) is 17.6 Å². The Balaban J connectivity index is 2.72. The van der Waals surface area contributed by atoms with Gasteiger partial charge in [-0.1, -0.05) is 0 Å². The van der Waals surface area contributed by atoms with Crippen LogP contribution >= 0.6 is 0 Å². The van der Waals surface area contributed by atoms with E-state index < -0.39 is 0 Å². The molecule has 0 aliphatic carbocycles. The Morgan fingerprint density at radius 2 is 2.18 bits per heavy atom. The van der Waals surface area contributed by atoms with Crippen molar-refractivity contribution in [1.82, 2.24) is 4.57 Å². The molecular formula is C13H17N2O2+. The lowest BCUT2D eigenvalue weighted by molar-refractivity contribution is -0.652. The van der Waals surface area contributed by atoms with Crippen LogP contribution in [0.25, 0.3) is 11.0 Å². The first-order valence-corrected chi connectivity index (χ1v) is 5.67. The molecule has 17 heavy (non-hydrogen) atoms. The van der Waals surface area contributed by atoms with Crippen molar-refractivity contribution in [1.29, 1.82) is 0 Å². The standard InChI is InChI=1S/C13H17N2O2/c1-5-15-9(2)14(3)11-7-6-10(8-12(11)15)13(16)17-4/h6-8H,5H2,1-4H3/q+1. The predicted molar refractivity (Wildman–Crippen MR) is 64.9 cm³/mol. The van der Waals surface area contributed by atoms with Gasteiger partial charge in [0.05, 0.1) is 26.3 Å². The molecule has 0 unspecified atom stereocenters. The van der Waals surface area contributed by atoms with Crippen molar-refractivity contribution in [3.63, 3.8) is 0 Å². The highest BCUT2D eigenvalue weighted by molar-refractivity contribution is 5.93. The average molecular weight is 233 g/mol. The fourth-order valence-electron chi connectivity index (χ4n) is 2.20. The number of esters is 1. The molecule has 0 saturated heterocycles. The number of rotatable bonds is 2. The van der Waals surface area contributed by atoms with Crippen LogP contribution in [0.1, 0.15) is 23.1 Å². The lowest BCUT2D eigenvalue weighted by atomic mass is 10.2. The van der Waals surface area contributed by atoms with Gasteiger partial charge in [0, 0.05) is 13.0 Å². The molecule has 0 aliphatic rings. The zero-order valence-electron chi connectivity index (χ0n) is 10.7. The van der Waals surface area contributed by atoms with Crippen LogP contribution in [0.4, 0.5) is 0 Å². The van der Waals surface area contributed by atoms with Gasteiger partial charge in [-0.3, -0.25) is 0 Å². The Hall–Kier alpha value is -1.84. The Bertz CT molecular complexity index is 585. The minimum absolute atomic E-state index is 0.295. The number of carbonyl (C=O) groups is 1. The maximum absolute atomic E-state index is 11.5. The topological polar surface area (TPSA) is 35.1 Å². The maximum Gasteiger partial charge on any atom is 0.338 e. The first-order valence-electron chi connectivity index (χ1n) is 5.67. The molecule has 0 atom stereocenters. The smallest absolute Gasteiger partial charge is 0.338 e. The molecule has 4 nitrogen and oxygen atoms in total. The largest absolute Gasteiger partial charge is 0.465 e. The number of hydrogen-bond acceptors (Lipinski definition) is 2. The number of hydrogen-bond donors (Lipinski definition) is 0. The number of methoxy groups -OCH3 is 1. The molecule has 4 heteroatoms. The second kappa shape index (κ2) is 4.20. The second-order valence-electron chi connectivity index (χ2n) is 4.05. The molecule has 0 N–H and O–H groups in total. The molecule has 1 aromatic carbocycles. The summed E-state index contributed by atoms with van der Waals surface area (Å²) in [7, 11) is 3.43. The normalized spacial score (nSPS) is 10.8. The SMILES string of the molecule is CCn1c(C)[n+](C)c2ccc(C(=O)OC)cc21. The van der Waals surface area contributed by atoms with Crippen LogP contribution in [0.5, 0.6) is 0 Å². The van der Waals surface area contributed by atoms with Gasteiger partial charge in [-0.2, -0.15) is 0 Å². The fraction of sp³-hybridized carbons (Fsp3) is 0.385. The third-order valence-corrected chi connectivity index (χ3v) is 3.24. The minimum atomic E-state index is -0.295. The van der Waals surface area contributed by atoms with Crippen molar-refractivity contribution in [2.45, 2.75) is 20.4 Å². The van der Waals surface area contributed by atoms with Crippen molar-refractivity contribution in [3.05, 3.63) is 29.6 Å². The summed E-state index contributed by atoms with van der Waals surface area (Å²) in [5, 5.41) is 0. The van der Waals surface area contributed by atoms with E-state index in [-0.39, 0.29) is 5.97 Å². The van der Waals surface area contributed by atoms with Crippen molar-refractivity contribution in [2.24, 2.45) is 7.05 Å². The number of benzene rings is 1. The number of fused-ring (bicyclic) bond motifs is 1. The molecule has 0 bridgehead atoms. The van der Waals surface area contributed by atoms with Crippen LogP contribution in [-0.4, -0.2) is 17.6 Å². The quantitative estimate of drug-likeness (QED) is 0.583. The highest BCUT2D eigenvalue weighted by Gasteiger charge is 2.19. The van der Waals surface area contributed by atoms with Crippen LogP contribution in [0.3, 0.4) is 0 Å². The van der Waals surface area contributed by atoms with E-state index in [1.54, 1.807) is 6.07 Å². The summed E-state index contributed by atoms with van der Waals surface area (Å²) in [5.74, 6) is 0.876. The summed E-state index contributed by atoms with van der Waals surface area (Å²) >= 11 is 0. The average Bonchev–Trinajstić information content (AvgIpc) is 2.60. The number of aromatic nitrogens is 2. The molecule has 90 valence electrons. The molecule has 0 amide bonds. The highest BCUT2D eigenvalue weighted by Crippen LogP contribution is 2.16. The second-order valence-corrected chi connectivity index (χ2v) is 4.05. The van der Waals surface area contributed by atoms with Crippen molar-refractivity contribution in [3.8, 4) is 0 Å². The van der Waals surface area contributed by atoms with Crippen molar-refractivity contribution in [2.75, 3.05) is 7.11 Å². The number of ether oxygens (including phenoxy) is 1. The van der Waals surface area contributed by atoms with Crippen molar-refractivity contribution < 1.29 is 14.1 Å². The van der Waals surface area contributed by atoms with E-state index in [9.17, 15) is 4.79 Å². The number of carbonyl (C=O) groups excluding carboxylic acids is 1. The maximum atomic E-state index is 11.5. The first kappa shape index (κ1) is 11.6. The molecule has 0 fully saturated rings. The van der Waals surface area contributed by atoms with E-state index >= 15 is 0 Å². The van der Waals surface area contributed by atoms with Crippen LogP contribution in [0.2, 0.25) is 0 Å². The molecule has 0 aliphatic heterocycles. The molecule has 2 rings (SSSR count). The number of imidazole rings is 1. The number of nitrogens with zero attached hydrogens (tertiary/aromatic N) is 2. The van der Waals surface area contributed by atoms with Gasteiger partial charge in [0.15, 0.2) is 11.0 Å². The predicted octanol–water partition coefficient (Wildman–Crippen LogP) is 1.58. The number of aryl methyl sites for hydroxylation is 2. The third kappa shape index (κ3) is 1.69. The minimum Gasteiger partial charge on any atom is -0.465 e. The van der Waals surface area contributed by atoms with E-state index in [1.165, 1.54) is 12.9 Å². The fourth-order valence-corrected chi connectivity index (χ4v) is 2.20. The summed E-state index contributed by atoms with van der Waals surface area (Å²) in [6.07, 6.45) is 0. The molecule has 0 spiro atoms. The van der Waals surface area contributed by atoms with Crippen LogP contribution < -0.4 is 4.57 Å². The van der Waals surface area contributed by atoms with Crippen LogP contribution in [0.15, 0.2) is 18.2 Å². The van der Waals surface area contributed by atoms with E-state index in [1.807, 2.05) is 19.2 Å². The van der Waals surface area contributed by atoms with Crippen molar-refractivity contribution >= 4 is 17.0 Å². The third-order valence-electron chi connectivity index (χ3n) is 3.24. The summed E-state index contributed by atoms with van der Waals surface area (Å²) in [6, 6.07) is 5.64. The van der Waals surface area contributed by atoms with Gasteiger partial charge in [-0.25, -0.2) is 13.9 Å².